The van der Waals surface area contributed by atoms with Gasteiger partial charge < -0.3 is 10.4 Å². The second-order valence-corrected chi connectivity index (χ2v) is 7.79. The van der Waals surface area contributed by atoms with E-state index in [1.54, 1.807) is 18.2 Å². The standard InChI is InChI=1S/C20H17BrN4O3S/c1-2-11-25-18(13-3-7-15(21)8-4-13)23-24-20(25)29-12-17(26)22-16-9-5-14(6-10-16)19(27)28/h2-10H,1,11-12H2,(H,22,26)(H,27,28). The van der Waals surface area contributed by atoms with Crippen molar-refractivity contribution in [1.82, 2.24) is 14.8 Å². The molecule has 0 atom stereocenters. The first-order valence-corrected chi connectivity index (χ1v) is 10.3. The largest absolute Gasteiger partial charge is 0.478 e. The lowest BCUT2D eigenvalue weighted by molar-refractivity contribution is -0.113. The highest BCUT2D eigenvalue weighted by Crippen LogP contribution is 2.25. The van der Waals surface area contributed by atoms with Gasteiger partial charge in [-0.15, -0.1) is 16.8 Å². The van der Waals surface area contributed by atoms with E-state index >= 15 is 0 Å². The molecule has 0 saturated carbocycles. The van der Waals surface area contributed by atoms with Crippen molar-refractivity contribution in [3.63, 3.8) is 0 Å². The summed E-state index contributed by atoms with van der Waals surface area (Å²) in [6, 6.07) is 13.7. The average molecular weight is 473 g/mol. The summed E-state index contributed by atoms with van der Waals surface area (Å²) in [4.78, 5) is 23.1. The number of thioether (sulfide) groups is 1. The second-order valence-electron chi connectivity index (χ2n) is 5.93. The molecular weight excluding hydrogens is 456 g/mol. The van der Waals surface area contributed by atoms with E-state index in [1.807, 2.05) is 28.8 Å². The minimum atomic E-state index is -1.01. The van der Waals surface area contributed by atoms with Crippen LogP contribution in [0.15, 0.2) is 70.8 Å². The number of allylic oxidation sites excluding steroid dienone is 1. The lowest BCUT2D eigenvalue weighted by Gasteiger charge is -2.08. The molecule has 9 heteroatoms. The van der Waals surface area contributed by atoms with E-state index in [9.17, 15) is 9.59 Å². The maximum atomic E-state index is 12.3. The van der Waals surface area contributed by atoms with Crippen LogP contribution >= 0.6 is 27.7 Å². The van der Waals surface area contributed by atoms with Crippen LogP contribution in [0.4, 0.5) is 5.69 Å². The van der Waals surface area contributed by atoms with Gasteiger partial charge in [-0.1, -0.05) is 45.9 Å². The number of hydrogen-bond acceptors (Lipinski definition) is 5. The predicted octanol–water partition coefficient (Wildman–Crippen LogP) is 4.32. The van der Waals surface area contributed by atoms with E-state index in [2.05, 4.69) is 38.0 Å². The number of carboxylic acid groups (broad SMARTS) is 1. The van der Waals surface area contributed by atoms with Crippen LogP contribution in [0, 0.1) is 0 Å². The minimum Gasteiger partial charge on any atom is -0.478 e. The molecule has 0 aliphatic rings. The zero-order valence-electron chi connectivity index (χ0n) is 15.2. The summed E-state index contributed by atoms with van der Waals surface area (Å²) >= 11 is 4.68. The molecule has 2 aromatic carbocycles. The number of benzene rings is 2. The fourth-order valence-electron chi connectivity index (χ4n) is 2.52. The fraction of sp³-hybridized carbons (Fsp3) is 0.100. The molecule has 0 bridgehead atoms. The number of nitrogens with one attached hydrogen (secondary N) is 1. The molecule has 2 N–H and O–H groups in total. The highest BCUT2D eigenvalue weighted by molar-refractivity contribution is 9.10. The van der Waals surface area contributed by atoms with E-state index in [0.29, 0.717) is 23.2 Å². The van der Waals surface area contributed by atoms with Crippen molar-refractivity contribution in [2.24, 2.45) is 0 Å². The minimum absolute atomic E-state index is 0.135. The Morgan fingerprint density at radius 1 is 1.14 bits per heavy atom. The van der Waals surface area contributed by atoms with E-state index < -0.39 is 5.97 Å². The molecule has 1 aromatic heterocycles. The highest BCUT2D eigenvalue weighted by atomic mass is 79.9. The van der Waals surface area contributed by atoms with Gasteiger partial charge in [0.05, 0.1) is 11.3 Å². The molecule has 7 nitrogen and oxygen atoms in total. The lowest BCUT2D eigenvalue weighted by atomic mass is 10.2. The van der Waals surface area contributed by atoms with Gasteiger partial charge in [-0.2, -0.15) is 0 Å². The van der Waals surface area contributed by atoms with E-state index in [0.717, 1.165) is 10.0 Å². The number of aromatic nitrogens is 3. The first-order valence-electron chi connectivity index (χ1n) is 8.54. The normalized spacial score (nSPS) is 10.5. The van der Waals surface area contributed by atoms with Gasteiger partial charge in [0.1, 0.15) is 0 Å². The predicted molar refractivity (Wildman–Crippen MR) is 116 cm³/mol. The van der Waals surface area contributed by atoms with Gasteiger partial charge in [-0.3, -0.25) is 9.36 Å². The Labute approximate surface area is 180 Å². The average Bonchev–Trinajstić information content (AvgIpc) is 3.10. The van der Waals surface area contributed by atoms with E-state index in [4.69, 9.17) is 5.11 Å². The molecule has 3 rings (SSSR count). The molecule has 0 aliphatic carbocycles. The maximum Gasteiger partial charge on any atom is 0.335 e. The Morgan fingerprint density at radius 2 is 1.83 bits per heavy atom. The third kappa shape index (κ3) is 5.33. The smallest absolute Gasteiger partial charge is 0.335 e. The van der Waals surface area contributed by atoms with Crippen LogP contribution in [0.25, 0.3) is 11.4 Å². The summed E-state index contributed by atoms with van der Waals surface area (Å²) in [6.45, 7) is 4.29. The Morgan fingerprint density at radius 3 is 2.45 bits per heavy atom. The number of hydrogen-bond donors (Lipinski definition) is 2. The molecule has 0 radical (unpaired) electrons. The van der Waals surface area contributed by atoms with Crippen LogP contribution in [-0.2, 0) is 11.3 Å². The Hall–Kier alpha value is -2.91. The molecule has 1 heterocycles. The quantitative estimate of drug-likeness (QED) is 0.374. The number of nitrogens with zero attached hydrogens (tertiary/aromatic N) is 3. The topological polar surface area (TPSA) is 97.1 Å². The highest BCUT2D eigenvalue weighted by Gasteiger charge is 2.15. The number of aromatic carboxylic acids is 1. The second kappa shape index (κ2) is 9.53. The van der Waals surface area contributed by atoms with Crippen molar-refractivity contribution in [3.8, 4) is 11.4 Å². The molecule has 1 amide bonds. The summed E-state index contributed by atoms with van der Waals surface area (Å²) < 4.78 is 2.87. The molecule has 0 aliphatic heterocycles. The van der Waals surface area contributed by atoms with Gasteiger partial charge in [0.2, 0.25) is 5.91 Å². The number of halogens is 1. The van der Waals surface area contributed by atoms with Crippen LogP contribution < -0.4 is 5.32 Å². The molecule has 0 spiro atoms. The maximum absolute atomic E-state index is 12.3. The van der Waals surface area contributed by atoms with Crippen molar-refractivity contribution in [3.05, 3.63) is 71.2 Å². The zero-order valence-corrected chi connectivity index (χ0v) is 17.6. The van der Waals surface area contributed by atoms with Crippen molar-refractivity contribution in [2.45, 2.75) is 11.7 Å². The van der Waals surface area contributed by atoms with Gasteiger partial charge in [0.25, 0.3) is 0 Å². The van der Waals surface area contributed by atoms with E-state index in [1.165, 1.54) is 23.9 Å². The number of amides is 1. The number of carbonyl (C=O) groups excluding carboxylic acids is 1. The SMILES string of the molecule is C=CCn1c(SCC(=O)Nc2ccc(C(=O)O)cc2)nnc1-c1ccc(Br)cc1. The molecule has 148 valence electrons. The molecule has 0 unspecified atom stereocenters. The van der Waals surface area contributed by atoms with Crippen LogP contribution in [0.2, 0.25) is 0 Å². The van der Waals surface area contributed by atoms with Gasteiger partial charge in [0, 0.05) is 22.3 Å². The molecule has 0 saturated heterocycles. The number of rotatable bonds is 8. The monoisotopic (exact) mass is 472 g/mol. The summed E-state index contributed by atoms with van der Waals surface area (Å²) in [7, 11) is 0. The number of carbonyl (C=O) groups is 2. The van der Waals surface area contributed by atoms with Crippen LogP contribution in [-0.4, -0.2) is 37.5 Å². The van der Waals surface area contributed by atoms with Gasteiger partial charge in [0.15, 0.2) is 11.0 Å². The Bertz CT molecular complexity index is 1030. The first kappa shape index (κ1) is 20.8. The van der Waals surface area contributed by atoms with Crippen molar-refractivity contribution >= 4 is 45.3 Å². The van der Waals surface area contributed by atoms with Crippen molar-refractivity contribution in [2.75, 3.05) is 11.1 Å². The van der Waals surface area contributed by atoms with Crippen molar-refractivity contribution < 1.29 is 14.7 Å². The molecular formula is C20H17BrN4O3S. The number of anilines is 1. The van der Waals surface area contributed by atoms with E-state index in [-0.39, 0.29) is 17.2 Å². The molecule has 0 fully saturated rings. The van der Waals surface area contributed by atoms with Crippen molar-refractivity contribution in [1.29, 1.82) is 0 Å². The third-order valence-electron chi connectivity index (χ3n) is 3.88. The first-order chi connectivity index (χ1) is 14.0. The lowest BCUT2D eigenvalue weighted by Crippen LogP contribution is -2.14. The van der Waals surface area contributed by atoms with Gasteiger partial charge in [-0.25, -0.2) is 4.79 Å². The van der Waals surface area contributed by atoms with Gasteiger partial charge in [-0.05, 0) is 36.4 Å². The third-order valence-corrected chi connectivity index (χ3v) is 5.37. The zero-order chi connectivity index (χ0) is 20.8. The fourth-order valence-corrected chi connectivity index (χ4v) is 3.54. The number of carboxylic acids is 1. The summed E-state index contributed by atoms with van der Waals surface area (Å²) in [5.74, 6) is -0.404. The Balaban J connectivity index is 1.68. The summed E-state index contributed by atoms with van der Waals surface area (Å²) in [6.07, 6.45) is 1.75. The van der Waals surface area contributed by atoms with Crippen LogP contribution in [0.1, 0.15) is 10.4 Å². The summed E-state index contributed by atoms with van der Waals surface area (Å²) in [5, 5.41) is 20.7. The van der Waals surface area contributed by atoms with Gasteiger partial charge >= 0.3 is 5.97 Å². The summed E-state index contributed by atoms with van der Waals surface area (Å²) in [5.41, 5.74) is 1.61. The molecule has 3 aromatic rings. The Kier molecular flexibility index (Phi) is 6.84. The van der Waals surface area contributed by atoms with Crippen LogP contribution in [0.5, 0.6) is 0 Å². The van der Waals surface area contributed by atoms with Crippen LogP contribution in [0.3, 0.4) is 0 Å². The molecule has 29 heavy (non-hydrogen) atoms.